The third-order valence-corrected chi connectivity index (χ3v) is 3.99. The van der Waals surface area contributed by atoms with Crippen LogP contribution in [0.15, 0.2) is 12.1 Å². The first-order chi connectivity index (χ1) is 8.47. The second kappa shape index (κ2) is 5.11. The number of methoxy groups -OCH3 is 1. The fourth-order valence-corrected chi connectivity index (χ4v) is 2.59. The first kappa shape index (κ1) is 13.7. The Morgan fingerprint density at radius 2 is 2.00 bits per heavy atom. The molecule has 1 fully saturated rings. The second-order valence-corrected chi connectivity index (χ2v) is 5.16. The molecule has 100 valence electrons. The molecular formula is C13H15ClF2O2. The number of benzene rings is 1. The number of hydrogen-bond donors (Lipinski definition) is 1. The van der Waals surface area contributed by atoms with Crippen molar-refractivity contribution in [2.75, 3.05) is 7.11 Å². The van der Waals surface area contributed by atoms with Crippen molar-refractivity contribution < 1.29 is 18.6 Å². The van der Waals surface area contributed by atoms with Crippen molar-refractivity contribution in [3.63, 3.8) is 0 Å². The van der Waals surface area contributed by atoms with Crippen LogP contribution in [0.25, 0.3) is 0 Å². The molecule has 18 heavy (non-hydrogen) atoms. The molecule has 1 atom stereocenters. The lowest BCUT2D eigenvalue weighted by Crippen LogP contribution is -2.40. The van der Waals surface area contributed by atoms with Crippen LogP contribution in [-0.4, -0.2) is 17.8 Å². The quantitative estimate of drug-likeness (QED) is 0.851. The zero-order valence-electron chi connectivity index (χ0n) is 10.0. The van der Waals surface area contributed by atoms with E-state index in [9.17, 15) is 13.9 Å². The SMILES string of the molecule is COC1(CC(O)c2cc(F)c(F)cc2Cl)CCC1. The summed E-state index contributed by atoms with van der Waals surface area (Å²) in [5.41, 5.74) is -0.146. The van der Waals surface area contributed by atoms with Crippen molar-refractivity contribution in [3.8, 4) is 0 Å². The predicted molar refractivity (Wildman–Crippen MR) is 64.5 cm³/mol. The van der Waals surface area contributed by atoms with E-state index in [1.165, 1.54) is 0 Å². The van der Waals surface area contributed by atoms with Crippen LogP contribution in [0.2, 0.25) is 5.02 Å². The Kier molecular flexibility index (Phi) is 3.90. The van der Waals surface area contributed by atoms with Crippen LogP contribution >= 0.6 is 11.6 Å². The van der Waals surface area contributed by atoms with Crippen LogP contribution in [0.5, 0.6) is 0 Å². The number of ether oxygens (including phenoxy) is 1. The van der Waals surface area contributed by atoms with E-state index >= 15 is 0 Å². The molecule has 5 heteroatoms. The van der Waals surface area contributed by atoms with Crippen molar-refractivity contribution in [1.29, 1.82) is 0 Å². The fourth-order valence-electron chi connectivity index (χ4n) is 2.32. The summed E-state index contributed by atoms with van der Waals surface area (Å²) in [6.07, 6.45) is 2.16. The van der Waals surface area contributed by atoms with Gasteiger partial charge in [0, 0.05) is 24.1 Å². The van der Waals surface area contributed by atoms with Crippen molar-refractivity contribution >= 4 is 11.6 Å². The summed E-state index contributed by atoms with van der Waals surface area (Å²) in [6.45, 7) is 0. The molecule has 1 aromatic rings. The van der Waals surface area contributed by atoms with Gasteiger partial charge in [-0.2, -0.15) is 0 Å². The summed E-state index contributed by atoms with van der Waals surface area (Å²) in [4.78, 5) is 0. The van der Waals surface area contributed by atoms with Gasteiger partial charge in [-0.1, -0.05) is 11.6 Å². The standard InChI is InChI=1S/C13H15ClF2O2/c1-18-13(3-2-4-13)7-12(17)8-5-10(15)11(16)6-9(8)14/h5-6,12,17H,2-4,7H2,1H3. The predicted octanol–water partition coefficient (Wildman–Crippen LogP) is 3.61. The van der Waals surface area contributed by atoms with Crippen molar-refractivity contribution in [3.05, 3.63) is 34.4 Å². The van der Waals surface area contributed by atoms with Gasteiger partial charge in [-0.3, -0.25) is 0 Å². The number of hydrogen-bond acceptors (Lipinski definition) is 2. The average molecular weight is 277 g/mol. The van der Waals surface area contributed by atoms with Crippen LogP contribution in [0, 0.1) is 11.6 Å². The molecule has 1 unspecified atom stereocenters. The van der Waals surface area contributed by atoms with Gasteiger partial charge in [-0.25, -0.2) is 8.78 Å². The van der Waals surface area contributed by atoms with Gasteiger partial charge < -0.3 is 9.84 Å². The number of aliphatic hydroxyl groups excluding tert-OH is 1. The van der Waals surface area contributed by atoms with Crippen LogP contribution in [0.3, 0.4) is 0 Å². The maximum Gasteiger partial charge on any atom is 0.160 e. The van der Waals surface area contributed by atoms with E-state index in [0.717, 1.165) is 31.4 Å². The Morgan fingerprint density at radius 1 is 1.39 bits per heavy atom. The molecular weight excluding hydrogens is 262 g/mol. The first-order valence-corrected chi connectivity index (χ1v) is 6.23. The lowest BCUT2D eigenvalue weighted by Gasteiger charge is -2.42. The van der Waals surface area contributed by atoms with Gasteiger partial charge in [-0.05, 0) is 31.4 Å². The third kappa shape index (κ3) is 2.51. The van der Waals surface area contributed by atoms with Gasteiger partial charge in [0.2, 0.25) is 0 Å². The molecule has 0 aliphatic heterocycles. The molecule has 0 radical (unpaired) electrons. The molecule has 0 bridgehead atoms. The van der Waals surface area contributed by atoms with Crippen molar-refractivity contribution in [1.82, 2.24) is 0 Å². The zero-order valence-corrected chi connectivity index (χ0v) is 10.8. The first-order valence-electron chi connectivity index (χ1n) is 5.85. The molecule has 0 saturated heterocycles. The van der Waals surface area contributed by atoms with Crippen LogP contribution in [0.4, 0.5) is 8.78 Å². The highest BCUT2D eigenvalue weighted by Gasteiger charge is 2.39. The van der Waals surface area contributed by atoms with Gasteiger partial charge in [-0.15, -0.1) is 0 Å². The summed E-state index contributed by atoms with van der Waals surface area (Å²) in [7, 11) is 1.60. The molecule has 1 aliphatic carbocycles. The minimum absolute atomic E-state index is 0.0342. The normalized spacial score (nSPS) is 19.4. The maximum atomic E-state index is 13.2. The third-order valence-electron chi connectivity index (χ3n) is 3.66. The summed E-state index contributed by atoms with van der Waals surface area (Å²) in [6, 6.07) is 1.83. The Labute approximate surface area is 110 Å². The maximum absolute atomic E-state index is 13.2. The van der Waals surface area contributed by atoms with E-state index in [-0.39, 0.29) is 16.2 Å². The van der Waals surface area contributed by atoms with Gasteiger partial charge in [0.25, 0.3) is 0 Å². The molecule has 0 heterocycles. The molecule has 1 aromatic carbocycles. The minimum Gasteiger partial charge on any atom is -0.388 e. The smallest absolute Gasteiger partial charge is 0.160 e. The molecule has 1 saturated carbocycles. The Hall–Kier alpha value is -0.710. The van der Waals surface area contributed by atoms with E-state index in [2.05, 4.69) is 0 Å². The highest BCUT2D eigenvalue weighted by atomic mass is 35.5. The van der Waals surface area contributed by atoms with Crippen LogP contribution in [0.1, 0.15) is 37.4 Å². The van der Waals surface area contributed by atoms with E-state index in [4.69, 9.17) is 16.3 Å². The number of rotatable bonds is 4. The van der Waals surface area contributed by atoms with Crippen LogP contribution in [-0.2, 0) is 4.74 Å². The van der Waals surface area contributed by atoms with Gasteiger partial charge >= 0.3 is 0 Å². The monoisotopic (exact) mass is 276 g/mol. The van der Waals surface area contributed by atoms with Crippen molar-refractivity contribution in [2.24, 2.45) is 0 Å². The number of aliphatic hydroxyl groups is 1. The lowest BCUT2D eigenvalue weighted by atomic mass is 9.75. The summed E-state index contributed by atoms with van der Waals surface area (Å²) in [5, 5.41) is 10.1. The van der Waals surface area contributed by atoms with E-state index in [1.54, 1.807) is 7.11 Å². The summed E-state index contributed by atoms with van der Waals surface area (Å²) in [5.74, 6) is -2.02. The molecule has 1 aliphatic rings. The fraction of sp³-hybridized carbons (Fsp3) is 0.538. The largest absolute Gasteiger partial charge is 0.388 e. The van der Waals surface area contributed by atoms with Gasteiger partial charge in [0.15, 0.2) is 11.6 Å². The average Bonchev–Trinajstić information content (AvgIpc) is 2.28. The van der Waals surface area contributed by atoms with Gasteiger partial charge in [0.05, 0.1) is 11.7 Å². The van der Waals surface area contributed by atoms with E-state index < -0.39 is 17.7 Å². The molecule has 2 rings (SSSR count). The molecule has 0 aromatic heterocycles. The number of halogens is 3. The molecule has 0 spiro atoms. The van der Waals surface area contributed by atoms with Crippen molar-refractivity contribution in [2.45, 2.75) is 37.4 Å². The lowest BCUT2D eigenvalue weighted by molar-refractivity contribution is -0.0999. The Morgan fingerprint density at radius 3 is 2.50 bits per heavy atom. The molecule has 2 nitrogen and oxygen atoms in total. The Balaban J connectivity index is 2.18. The Bertz CT molecular complexity index is 441. The topological polar surface area (TPSA) is 29.5 Å². The van der Waals surface area contributed by atoms with Crippen LogP contribution < -0.4 is 0 Å². The zero-order chi connectivity index (χ0) is 13.3. The second-order valence-electron chi connectivity index (χ2n) is 4.75. The highest BCUT2D eigenvalue weighted by Crippen LogP contribution is 2.42. The van der Waals surface area contributed by atoms with E-state index in [1.807, 2.05) is 0 Å². The summed E-state index contributed by atoms with van der Waals surface area (Å²) < 4.78 is 31.5. The highest BCUT2D eigenvalue weighted by molar-refractivity contribution is 6.31. The molecule has 0 amide bonds. The minimum atomic E-state index is -1.01. The van der Waals surface area contributed by atoms with E-state index in [0.29, 0.717) is 6.42 Å². The van der Waals surface area contributed by atoms with Gasteiger partial charge in [0.1, 0.15) is 0 Å². The molecule has 1 N–H and O–H groups in total. The summed E-state index contributed by atoms with van der Waals surface area (Å²) >= 11 is 5.82.